The molecule has 1 rings (SSSR count). The van der Waals surface area contributed by atoms with E-state index in [4.69, 9.17) is 4.74 Å². The number of hydrogen-bond donors (Lipinski definition) is 2. The van der Waals surface area contributed by atoms with Gasteiger partial charge >= 0.3 is 0 Å². The molecule has 0 aromatic rings. The molecule has 0 aliphatic carbocycles. The Kier molecular flexibility index (Phi) is 7.76. The minimum atomic E-state index is 0.398. The highest BCUT2D eigenvalue weighted by atomic mass is 16.5. The zero-order chi connectivity index (χ0) is 11.6. The van der Waals surface area contributed by atoms with Gasteiger partial charge < -0.3 is 15.4 Å². The molecule has 1 aliphatic heterocycles. The van der Waals surface area contributed by atoms with E-state index in [9.17, 15) is 0 Å². The summed E-state index contributed by atoms with van der Waals surface area (Å²) in [7, 11) is 0. The van der Waals surface area contributed by atoms with Crippen LogP contribution in [0.3, 0.4) is 0 Å². The van der Waals surface area contributed by atoms with E-state index in [0.29, 0.717) is 6.10 Å². The molecule has 1 heterocycles. The molecule has 4 heteroatoms. The van der Waals surface area contributed by atoms with Crippen LogP contribution in [0.5, 0.6) is 0 Å². The fraction of sp³-hybridized carbons (Fsp3) is 1.00. The van der Waals surface area contributed by atoms with Crippen molar-refractivity contribution in [3.63, 3.8) is 0 Å². The Labute approximate surface area is 99.7 Å². The van der Waals surface area contributed by atoms with E-state index in [-0.39, 0.29) is 0 Å². The van der Waals surface area contributed by atoms with E-state index >= 15 is 0 Å². The van der Waals surface area contributed by atoms with Gasteiger partial charge in [-0.25, -0.2) is 0 Å². The van der Waals surface area contributed by atoms with Crippen LogP contribution in [0.15, 0.2) is 0 Å². The normalized spacial score (nSPS) is 19.9. The van der Waals surface area contributed by atoms with E-state index < -0.39 is 0 Å². The number of rotatable bonds is 8. The van der Waals surface area contributed by atoms with Crippen molar-refractivity contribution < 1.29 is 4.74 Å². The molecule has 2 N–H and O–H groups in total. The number of piperazine rings is 1. The maximum Gasteiger partial charge on any atom is 0.0594 e. The maximum atomic E-state index is 5.60. The Morgan fingerprint density at radius 2 is 2.06 bits per heavy atom. The van der Waals surface area contributed by atoms with Crippen molar-refractivity contribution in [3.8, 4) is 0 Å². The van der Waals surface area contributed by atoms with Crippen LogP contribution in [-0.2, 0) is 4.74 Å². The van der Waals surface area contributed by atoms with Gasteiger partial charge in [0.15, 0.2) is 0 Å². The number of nitrogens with zero attached hydrogens (tertiary/aromatic N) is 1. The molecule has 0 amide bonds. The van der Waals surface area contributed by atoms with Crippen LogP contribution in [0.2, 0.25) is 0 Å². The van der Waals surface area contributed by atoms with E-state index in [0.717, 1.165) is 45.8 Å². The fourth-order valence-electron chi connectivity index (χ4n) is 1.75. The third-order valence-electron chi connectivity index (χ3n) is 3.07. The van der Waals surface area contributed by atoms with E-state index in [1.54, 1.807) is 0 Å². The van der Waals surface area contributed by atoms with Crippen LogP contribution in [0.25, 0.3) is 0 Å². The van der Waals surface area contributed by atoms with Crippen molar-refractivity contribution in [2.75, 3.05) is 52.4 Å². The third kappa shape index (κ3) is 6.43. The fourth-order valence-corrected chi connectivity index (χ4v) is 1.75. The Morgan fingerprint density at radius 3 is 2.75 bits per heavy atom. The first-order valence-electron chi connectivity index (χ1n) is 6.58. The topological polar surface area (TPSA) is 36.5 Å². The molecule has 1 saturated heterocycles. The van der Waals surface area contributed by atoms with Gasteiger partial charge in [-0.1, -0.05) is 6.92 Å². The van der Waals surface area contributed by atoms with Crippen molar-refractivity contribution in [3.05, 3.63) is 0 Å². The number of nitrogens with one attached hydrogen (secondary N) is 2. The van der Waals surface area contributed by atoms with Gasteiger partial charge in [-0.15, -0.1) is 0 Å². The molecular formula is C12H27N3O. The lowest BCUT2D eigenvalue weighted by Gasteiger charge is -2.27. The molecule has 0 bridgehead atoms. The summed E-state index contributed by atoms with van der Waals surface area (Å²) in [5, 5.41) is 6.79. The van der Waals surface area contributed by atoms with Gasteiger partial charge in [0.1, 0.15) is 0 Å². The second-order valence-corrected chi connectivity index (χ2v) is 4.43. The van der Waals surface area contributed by atoms with Crippen molar-refractivity contribution in [2.24, 2.45) is 0 Å². The van der Waals surface area contributed by atoms with Crippen LogP contribution < -0.4 is 10.6 Å². The first-order chi connectivity index (χ1) is 7.83. The minimum absolute atomic E-state index is 0.398. The van der Waals surface area contributed by atoms with Gasteiger partial charge in [-0.3, -0.25) is 4.90 Å². The Bertz CT molecular complexity index is 160. The molecule has 96 valence electrons. The molecule has 1 atom stereocenters. The van der Waals surface area contributed by atoms with Crippen molar-refractivity contribution >= 4 is 0 Å². The second-order valence-electron chi connectivity index (χ2n) is 4.43. The van der Waals surface area contributed by atoms with Gasteiger partial charge in [0.05, 0.1) is 12.7 Å². The molecule has 0 spiro atoms. The highest BCUT2D eigenvalue weighted by Crippen LogP contribution is 1.94. The monoisotopic (exact) mass is 229 g/mol. The SMILES string of the molecule is CCC(C)OCCNCCN1CCNCC1. The lowest BCUT2D eigenvalue weighted by atomic mass is 10.3. The van der Waals surface area contributed by atoms with Gasteiger partial charge in [-0.2, -0.15) is 0 Å². The van der Waals surface area contributed by atoms with Crippen molar-refractivity contribution in [2.45, 2.75) is 26.4 Å². The van der Waals surface area contributed by atoms with Crippen LogP contribution >= 0.6 is 0 Å². The first-order valence-corrected chi connectivity index (χ1v) is 6.58. The van der Waals surface area contributed by atoms with Gasteiger partial charge in [0.25, 0.3) is 0 Å². The zero-order valence-corrected chi connectivity index (χ0v) is 10.8. The Balaban J connectivity index is 1.84. The number of ether oxygens (including phenoxy) is 1. The largest absolute Gasteiger partial charge is 0.377 e. The Morgan fingerprint density at radius 1 is 1.31 bits per heavy atom. The van der Waals surface area contributed by atoms with Crippen molar-refractivity contribution in [1.82, 2.24) is 15.5 Å². The van der Waals surface area contributed by atoms with Gasteiger partial charge in [-0.05, 0) is 13.3 Å². The summed E-state index contributed by atoms with van der Waals surface area (Å²) in [5.41, 5.74) is 0. The first kappa shape index (κ1) is 13.9. The van der Waals surface area contributed by atoms with E-state index in [2.05, 4.69) is 29.4 Å². The summed E-state index contributed by atoms with van der Waals surface area (Å²) in [6.07, 6.45) is 1.50. The van der Waals surface area contributed by atoms with Crippen LogP contribution in [0, 0.1) is 0 Å². The predicted molar refractivity (Wildman–Crippen MR) is 67.9 cm³/mol. The standard InChI is InChI=1S/C12H27N3O/c1-3-12(2)16-11-7-14-6-10-15-8-4-13-5-9-15/h12-14H,3-11H2,1-2H3. The molecule has 0 aromatic heterocycles. The molecule has 1 aliphatic rings. The summed E-state index contributed by atoms with van der Waals surface area (Å²) in [5.74, 6) is 0. The molecule has 1 fully saturated rings. The molecular weight excluding hydrogens is 202 g/mol. The predicted octanol–water partition coefficient (Wildman–Crippen LogP) is 0.296. The lowest BCUT2D eigenvalue weighted by molar-refractivity contribution is 0.0653. The summed E-state index contributed by atoms with van der Waals surface area (Å²) in [4.78, 5) is 2.50. The minimum Gasteiger partial charge on any atom is -0.377 e. The molecule has 0 saturated carbocycles. The van der Waals surface area contributed by atoms with E-state index in [1.807, 2.05) is 0 Å². The average molecular weight is 229 g/mol. The third-order valence-corrected chi connectivity index (χ3v) is 3.07. The molecule has 1 unspecified atom stereocenters. The lowest BCUT2D eigenvalue weighted by Crippen LogP contribution is -2.45. The summed E-state index contributed by atoms with van der Waals surface area (Å²) in [6.45, 7) is 13.0. The van der Waals surface area contributed by atoms with Crippen LogP contribution in [-0.4, -0.2) is 63.4 Å². The van der Waals surface area contributed by atoms with Crippen LogP contribution in [0.4, 0.5) is 0 Å². The average Bonchev–Trinajstić information content (AvgIpc) is 2.34. The van der Waals surface area contributed by atoms with E-state index in [1.165, 1.54) is 13.1 Å². The summed E-state index contributed by atoms with van der Waals surface area (Å²) >= 11 is 0. The quantitative estimate of drug-likeness (QED) is 0.587. The van der Waals surface area contributed by atoms with Gasteiger partial charge in [0.2, 0.25) is 0 Å². The molecule has 16 heavy (non-hydrogen) atoms. The smallest absolute Gasteiger partial charge is 0.0594 e. The highest BCUT2D eigenvalue weighted by molar-refractivity contribution is 4.68. The zero-order valence-electron chi connectivity index (χ0n) is 10.8. The van der Waals surface area contributed by atoms with Crippen molar-refractivity contribution in [1.29, 1.82) is 0 Å². The Hall–Kier alpha value is -0.160. The van der Waals surface area contributed by atoms with Crippen LogP contribution in [0.1, 0.15) is 20.3 Å². The molecule has 0 aromatic carbocycles. The molecule has 0 radical (unpaired) electrons. The highest BCUT2D eigenvalue weighted by Gasteiger charge is 2.07. The summed E-state index contributed by atoms with van der Waals surface area (Å²) in [6, 6.07) is 0. The summed E-state index contributed by atoms with van der Waals surface area (Å²) < 4.78 is 5.60. The molecule has 4 nitrogen and oxygen atoms in total. The van der Waals surface area contributed by atoms with Gasteiger partial charge in [0, 0.05) is 45.8 Å². The second kappa shape index (κ2) is 8.93. The maximum absolute atomic E-state index is 5.60. The number of hydrogen-bond acceptors (Lipinski definition) is 4.